The molecule has 5 heteroatoms. The topological polar surface area (TPSA) is 29.5 Å². The van der Waals surface area contributed by atoms with Crippen LogP contribution >= 0.6 is 0 Å². The van der Waals surface area contributed by atoms with Crippen molar-refractivity contribution in [1.82, 2.24) is 0 Å². The molecule has 1 atom stereocenters. The second-order valence-corrected chi connectivity index (χ2v) is 10.7. The van der Waals surface area contributed by atoms with Crippen LogP contribution in [0, 0.1) is 29.3 Å². The lowest BCUT2D eigenvalue weighted by Crippen LogP contribution is -2.23. The molecule has 0 saturated heterocycles. The van der Waals surface area contributed by atoms with Crippen molar-refractivity contribution in [1.29, 1.82) is 0 Å². The minimum Gasteiger partial charge on any atom is -0.491 e. The number of halogens is 3. The molecule has 0 aliphatic heterocycles. The molecule has 0 aromatic heterocycles. The zero-order chi connectivity index (χ0) is 24.9. The fourth-order valence-corrected chi connectivity index (χ4v) is 6.21. The quantitative estimate of drug-likeness (QED) is 0.407. The van der Waals surface area contributed by atoms with Crippen molar-refractivity contribution < 1.29 is 23.0 Å². The second-order valence-electron chi connectivity index (χ2n) is 10.7. The molecule has 0 heterocycles. The molecule has 2 saturated carbocycles. The smallest absolute Gasteiger partial charge is 0.165 e. The van der Waals surface area contributed by atoms with Crippen LogP contribution in [0.25, 0.3) is 0 Å². The van der Waals surface area contributed by atoms with E-state index in [2.05, 4.69) is 0 Å². The van der Waals surface area contributed by atoms with Crippen LogP contribution in [0.1, 0.15) is 100 Å². The van der Waals surface area contributed by atoms with Gasteiger partial charge in [0.1, 0.15) is 0 Å². The van der Waals surface area contributed by atoms with Crippen LogP contribution in [-0.4, -0.2) is 17.8 Å². The van der Waals surface area contributed by atoms with Gasteiger partial charge >= 0.3 is 0 Å². The lowest BCUT2D eigenvalue weighted by molar-refractivity contribution is 0.0963. The monoisotopic (exact) mass is 488 g/mol. The Morgan fingerprint density at radius 2 is 1.57 bits per heavy atom. The van der Waals surface area contributed by atoms with Crippen LogP contribution in [0.15, 0.2) is 30.3 Å². The van der Waals surface area contributed by atoms with Crippen LogP contribution in [-0.2, 0) is 6.42 Å². The molecule has 35 heavy (non-hydrogen) atoms. The predicted octanol–water partition coefficient (Wildman–Crippen LogP) is 8.06. The number of aliphatic hydroxyl groups excluding tert-OH is 1. The first kappa shape index (κ1) is 26.1. The first-order valence-corrected chi connectivity index (χ1v) is 13.4. The summed E-state index contributed by atoms with van der Waals surface area (Å²) in [5.41, 5.74) is 1.99. The minimum atomic E-state index is -0.682. The molecule has 4 rings (SSSR count). The van der Waals surface area contributed by atoms with E-state index in [1.165, 1.54) is 0 Å². The molecular weight excluding hydrogens is 449 g/mol. The Labute approximate surface area is 207 Å². The largest absolute Gasteiger partial charge is 0.491 e. The lowest BCUT2D eigenvalue weighted by atomic mass is 9.76. The first-order valence-electron chi connectivity index (χ1n) is 13.4. The maximum Gasteiger partial charge on any atom is 0.165 e. The van der Waals surface area contributed by atoms with Gasteiger partial charge in [-0.15, -0.1) is 0 Å². The normalized spacial score (nSPS) is 25.9. The van der Waals surface area contributed by atoms with Crippen molar-refractivity contribution in [3.8, 4) is 5.75 Å². The van der Waals surface area contributed by atoms with E-state index in [0.717, 1.165) is 63.4 Å². The fourth-order valence-electron chi connectivity index (χ4n) is 6.21. The zero-order valence-electron chi connectivity index (χ0n) is 21.0. The number of aryl methyl sites for hydroxylation is 1. The molecule has 0 radical (unpaired) electrons. The third-order valence-corrected chi connectivity index (χ3v) is 8.48. The molecular formula is C30H39F3O2. The Kier molecular flexibility index (Phi) is 8.80. The Bertz CT molecular complexity index is 974. The molecule has 2 aromatic rings. The third kappa shape index (κ3) is 6.22. The standard InChI is InChI=1S/C30H39F3O2/c1-3-35-28-17-15-25(18-27(28)31)22-7-4-20(5-8-22)6-9-24-14-16-26(30(33)29(24)32)23-12-10-21(11-13-23)19(2)34/h14-23,34H,3-13H2,1-2H3. The van der Waals surface area contributed by atoms with Crippen molar-refractivity contribution in [2.24, 2.45) is 11.8 Å². The van der Waals surface area contributed by atoms with E-state index >= 15 is 0 Å². The van der Waals surface area contributed by atoms with Gasteiger partial charge in [-0.05, 0) is 131 Å². The Morgan fingerprint density at radius 1 is 0.886 bits per heavy atom. The van der Waals surface area contributed by atoms with Gasteiger partial charge in [-0.25, -0.2) is 13.2 Å². The van der Waals surface area contributed by atoms with Gasteiger partial charge in [0.2, 0.25) is 0 Å². The van der Waals surface area contributed by atoms with Crippen LogP contribution in [0.5, 0.6) is 5.75 Å². The molecule has 1 N–H and O–H groups in total. The third-order valence-electron chi connectivity index (χ3n) is 8.48. The van der Waals surface area contributed by atoms with E-state index in [0.29, 0.717) is 41.7 Å². The summed E-state index contributed by atoms with van der Waals surface area (Å²) in [6, 6.07) is 8.86. The molecule has 2 aliphatic carbocycles. The van der Waals surface area contributed by atoms with E-state index in [9.17, 15) is 18.3 Å². The zero-order valence-corrected chi connectivity index (χ0v) is 21.0. The van der Waals surface area contributed by atoms with Gasteiger partial charge in [-0.1, -0.05) is 18.2 Å². The highest BCUT2D eigenvalue weighted by Crippen LogP contribution is 2.40. The summed E-state index contributed by atoms with van der Waals surface area (Å²) in [7, 11) is 0. The maximum atomic E-state index is 15.0. The number of aliphatic hydroxyl groups is 1. The van der Waals surface area contributed by atoms with E-state index in [1.54, 1.807) is 24.3 Å². The van der Waals surface area contributed by atoms with Crippen LogP contribution < -0.4 is 4.74 Å². The van der Waals surface area contributed by atoms with Crippen molar-refractivity contribution in [3.63, 3.8) is 0 Å². The van der Waals surface area contributed by atoms with Gasteiger partial charge in [-0.3, -0.25) is 0 Å². The highest BCUT2D eigenvalue weighted by atomic mass is 19.2. The van der Waals surface area contributed by atoms with Gasteiger partial charge in [-0.2, -0.15) is 0 Å². The average molecular weight is 489 g/mol. The summed E-state index contributed by atoms with van der Waals surface area (Å²) in [4.78, 5) is 0. The van der Waals surface area contributed by atoms with Crippen LogP contribution in [0.3, 0.4) is 0 Å². The van der Waals surface area contributed by atoms with Crippen LogP contribution in [0.2, 0.25) is 0 Å². The first-order chi connectivity index (χ1) is 16.9. The number of hydrogen-bond acceptors (Lipinski definition) is 2. The molecule has 1 unspecified atom stereocenters. The maximum absolute atomic E-state index is 15.0. The summed E-state index contributed by atoms with van der Waals surface area (Å²) in [5, 5.41) is 9.79. The number of ether oxygens (including phenoxy) is 1. The van der Waals surface area contributed by atoms with E-state index < -0.39 is 11.6 Å². The second kappa shape index (κ2) is 11.8. The molecule has 2 aliphatic rings. The summed E-state index contributed by atoms with van der Waals surface area (Å²) >= 11 is 0. The average Bonchev–Trinajstić information content (AvgIpc) is 2.87. The molecule has 2 aromatic carbocycles. The highest BCUT2D eigenvalue weighted by Gasteiger charge is 2.29. The van der Waals surface area contributed by atoms with Crippen molar-refractivity contribution in [3.05, 3.63) is 64.5 Å². The number of rotatable bonds is 8. The number of hydrogen-bond donors (Lipinski definition) is 1. The molecule has 192 valence electrons. The fraction of sp³-hybridized carbons (Fsp3) is 0.600. The lowest BCUT2D eigenvalue weighted by Gasteiger charge is -2.31. The molecule has 0 amide bonds. The van der Waals surface area contributed by atoms with Gasteiger partial charge in [0.25, 0.3) is 0 Å². The number of benzene rings is 2. The van der Waals surface area contributed by atoms with E-state index in [-0.39, 0.29) is 23.8 Å². The summed E-state index contributed by atoms with van der Waals surface area (Å²) in [5.74, 6) is -0.229. The summed E-state index contributed by atoms with van der Waals surface area (Å²) in [6.07, 6.45) is 8.39. The van der Waals surface area contributed by atoms with Gasteiger partial charge in [0.15, 0.2) is 23.2 Å². The molecule has 2 nitrogen and oxygen atoms in total. The van der Waals surface area contributed by atoms with Crippen molar-refractivity contribution >= 4 is 0 Å². The Morgan fingerprint density at radius 3 is 2.20 bits per heavy atom. The highest BCUT2D eigenvalue weighted by molar-refractivity contribution is 5.32. The minimum absolute atomic E-state index is 0.0382. The van der Waals surface area contributed by atoms with Crippen LogP contribution in [0.4, 0.5) is 13.2 Å². The SMILES string of the molecule is CCOc1ccc(C2CCC(CCc3ccc(C4CCC(C(C)O)CC4)c(F)c3F)CC2)cc1F. The summed E-state index contributed by atoms with van der Waals surface area (Å²) < 4.78 is 49.4. The Balaban J connectivity index is 1.29. The van der Waals surface area contributed by atoms with Crippen molar-refractivity contribution in [2.45, 2.75) is 96.0 Å². The molecule has 2 fully saturated rings. The van der Waals surface area contributed by atoms with E-state index in [1.807, 2.05) is 19.9 Å². The van der Waals surface area contributed by atoms with Gasteiger partial charge < -0.3 is 9.84 Å². The Hall–Kier alpha value is -2.01. The van der Waals surface area contributed by atoms with E-state index in [4.69, 9.17) is 4.74 Å². The molecule has 0 bridgehead atoms. The van der Waals surface area contributed by atoms with Gasteiger partial charge in [0.05, 0.1) is 12.7 Å². The van der Waals surface area contributed by atoms with Crippen molar-refractivity contribution in [2.75, 3.05) is 6.61 Å². The summed E-state index contributed by atoms with van der Waals surface area (Å²) in [6.45, 7) is 4.10. The predicted molar refractivity (Wildman–Crippen MR) is 133 cm³/mol. The van der Waals surface area contributed by atoms with Gasteiger partial charge in [0, 0.05) is 0 Å². The molecule has 0 spiro atoms.